The zero-order chi connectivity index (χ0) is 27.8. The van der Waals surface area contributed by atoms with E-state index in [0.717, 1.165) is 26.2 Å². The van der Waals surface area contributed by atoms with E-state index in [9.17, 15) is 24.6 Å². The minimum atomic E-state index is -1.33. The van der Waals surface area contributed by atoms with Crippen LogP contribution in [0.2, 0.25) is 10.0 Å². The van der Waals surface area contributed by atoms with E-state index in [1.165, 1.54) is 19.3 Å². The SMILES string of the molecule is CC1=C(C(=O)O)C(c2c(Cl)cccc2Cl)C(C(=O)O)=C(CC(=O)N2CCN(C3C4CCCC3CNC4)CC2)N1. The molecule has 1 amide bonds. The van der Waals surface area contributed by atoms with Crippen molar-refractivity contribution >= 4 is 41.0 Å². The molecule has 0 aromatic heterocycles. The van der Waals surface area contributed by atoms with Crippen LogP contribution in [-0.2, 0) is 14.4 Å². The highest BCUT2D eigenvalue weighted by Crippen LogP contribution is 2.44. The van der Waals surface area contributed by atoms with Gasteiger partial charge in [-0.05, 0) is 56.8 Å². The molecule has 3 fully saturated rings. The Morgan fingerprint density at radius 2 is 1.54 bits per heavy atom. The molecule has 3 heterocycles. The molecule has 1 saturated carbocycles. The van der Waals surface area contributed by atoms with Gasteiger partial charge in [0.15, 0.2) is 0 Å². The second kappa shape index (κ2) is 11.5. The number of hydrogen-bond acceptors (Lipinski definition) is 6. The third-order valence-electron chi connectivity index (χ3n) is 8.74. The number of amides is 1. The number of fused-ring (bicyclic) bond motifs is 2. The van der Waals surface area contributed by atoms with Crippen LogP contribution in [0.4, 0.5) is 0 Å². The number of halogens is 2. The number of hydrogen-bond donors (Lipinski definition) is 4. The predicted molar refractivity (Wildman–Crippen MR) is 148 cm³/mol. The molecule has 9 nitrogen and oxygen atoms in total. The zero-order valence-corrected chi connectivity index (χ0v) is 23.4. The summed E-state index contributed by atoms with van der Waals surface area (Å²) in [5.74, 6) is -2.75. The highest BCUT2D eigenvalue weighted by molar-refractivity contribution is 6.36. The van der Waals surface area contributed by atoms with Crippen LogP contribution < -0.4 is 10.6 Å². The standard InChI is InChI=1S/C28H34Cl2N4O5/c1-15-22(27(36)37)25(23-18(29)6-3-7-19(23)30)24(28(38)39)20(32-15)12-21(35)33-8-10-34(11-9-33)26-16-4-2-5-17(26)14-31-13-16/h3,6-7,16-17,25-26,31-32H,2,4-5,8-14H2,1H3,(H,36,37)(H,38,39). The molecule has 2 saturated heterocycles. The lowest BCUT2D eigenvalue weighted by molar-refractivity contribution is -0.133. The van der Waals surface area contributed by atoms with Crippen LogP contribution in [-0.4, -0.2) is 83.2 Å². The van der Waals surface area contributed by atoms with Crippen molar-refractivity contribution in [2.45, 2.75) is 44.6 Å². The number of carboxylic acid groups (broad SMARTS) is 2. The normalized spacial score (nSPS) is 27.8. The molecule has 3 unspecified atom stereocenters. The first kappa shape index (κ1) is 28.0. The molecule has 1 aliphatic carbocycles. The Kier molecular flexibility index (Phi) is 8.24. The summed E-state index contributed by atoms with van der Waals surface area (Å²) in [7, 11) is 0. The van der Waals surface area contributed by atoms with Gasteiger partial charge >= 0.3 is 11.9 Å². The van der Waals surface area contributed by atoms with Crippen molar-refractivity contribution in [2.75, 3.05) is 39.3 Å². The Morgan fingerprint density at radius 1 is 0.949 bits per heavy atom. The summed E-state index contributed by atoms with van der Waals surface area (Å²) >= 11 is 12.8. The maximum atomic E-state index is 13.5. The molecule has 5 rings (SSSR count). The van der Waals surface area contributed by atoms with Gasteiger partial charge in [-0.15, -0.1) is 0 Å². The van der Waals surface area contributed by atoms with Gasteiger partial charge in [0.2, 0.25) is 5.91 Å². The number of piperidine rings is 1. The Balaban J connectivity index is 1.37. The lowest BCUT2D eigenvalue weighted by Gasteiger charge is -2.50. The van der Waals surface area contributed by atoms with Crippen molar-refractivity contribution in [3.05, 3.63) is 56.3 Å². The molecular formula is C28H34Cl2N4O5. The monoisotopic (exact) mass is 576 g/mol. The molecule has 3 aliphatic heterocycles. The summed E-state index contributed by atoms with van der Waals surface area (Å²) in [5.41, 5.74) is 0.203. The van der Waals surface area contributed by atoms with Crippen molar-refractivity contribution in [3.8, 4) is 0 Å². The summed E-state index contributed by atoms with van der Waals surface area (Å²) in [6, 6.07) is 5.25. The third kappa shape index (κ3) is 5.42. The molecular weight excluding hydrogens is 543 g/mol. The van der Waals surface area contributed by atoms with Crippen LogP contribution in [0.15, 0.2) is 40.7 Å². The Labute approximate surface area is 237 Å². The first-order valence-electron chi connectivity index (χ1n) is 13.5. The molecule has 0 spiro atoms. The topological polar surface area (TPSA) is 122 Å². The highest BCUT2D eigenvalue weighted by atomic mass is 35.5. The summed E-state index contributed by atoms with van der Waals surface area (Å²) in [6.45, 7) is 6.40. The molecule has 39 heavy (non-hydrogen) atoms. The van der Waals surface area contributed by atoms with Crippen LogP contribution in [0.1, 0.15) is 44.1 Å². The van der Waals surface area contributed by atoms with Crippen molar-refractivity contribution in [3.63, 3.8) is 0 Å². The number of aliphatic carboxylic acids is 2. The summed E-state index contributed by atoms with van der Waals surface area (Å²) in [5, 5.41) is 27.1. The second-order valence-corrected chi connectivity index (χ2v) is 11.7. The Morgan fingerprint density at radius 3 is 2.10 bits per heavy atom. The number of rotatable bonds is 6. The van der Waals surface area contributed by atoms with Crippen LogP contribution in [0, 0.1) is 11.8 Å². The van der Waals surface area contributed by atoms with Gasteiger partial charge in [0.25, 0.3) is 0 Å². The predicted octanol–water partition coefficient (Wildman–Crippen LogP) is 3.30. The maximum absolute atomic E-state index is 13.5. The van der Waals surface area contributed by atoms with E-state index in [0.29, 0.717) is 31.0 Å². The van der Waals surface area contributed by atoms with Gasteiger partial charge in [0, 0.05) is 59.2 Å². The number of allylic oxidation sites excluding steroid dienone is 1. The van der Waals surface area contributed by atoms with Gasteiger partial charge in [-0.25, -0.2) is 9.59 Å². The summed E-state index contributed by atoms with van der Waals surface area (Å²) < 4.78 is 0. The molecule has 0 radical (unpaired) electrons. The molecule has 4 N–H and O–H groups in total. The van der Waals surface area contributed by atoms with E-state index in [2.05, 4.69) is 15.5 Å². The lowest BCUT2D eigenvalue weighted by Crippen LogP contribution is -2.61. The van der Waals surface area contributed by atoms with E-state index in [1.807, 2.05) is 0 Å². The zero-order valence-electron chi connectivity index (χ0n) is 21.9. The first-order valence-corrected chi connectivity index (χ1v) is 14.3. The smallest absolute Gasteiger partial charge is 0.334 e. The van der Waals surface area contributed by atoms with Gasteiger partial charge in [-0.3, -0.25) is 9.69 Å². The van der Waals surface area contributed by atoms with Gasteiger partial charge < -0.3 is 25.7 Å². The number of carboxylic acids is 2. The Bertz CT molecular complexity index is 1200. The number of carbonyl (C=O) groups excluding carboxylic acids is 1. The minimum Gasteiger partial charge on any atom is -0.478 e. The van der Waals surface area contributed by atoms with E-state index >= 15 is 0 Å². The molecule has 4 aliphatic rings. The van der Waals surface area contributed by atoms with Gasteiger partial charge in [0.1, 0.15) is 0 Å². The maximum Gasteiger partial charge on any atom is 0.334 e. The van der Waals surface area contributed by atoms with Gasteiger partial charge in [0.05, 0.1) is 23.5 Å². The fraction of sp³-hybridized carbons (Fsp3) is 0.536. The van der Waals surface area contributed by atoms with Gasteiger partial charge in [-0.2, -0.15) is 0 Å². The van der Waals surface area contributed by atoms with Crippen LogP contribution in [0.5, 0.6) is 0 Å². The second-order valence-electron chi connectivity index (χ2n) is 10.9. The lowest BCUT2D eigenvalue weighted by atomic mass is 9.73. The first-order chi connectivity index (χ1) is 18.7. The number of dihydropyridines is 1. The largest absolute Gasteiger partial charge is 0.478 e. The van der Waals surface area contributed by atoms with E-state index < -0.39 is 17.9 Å². The third-order valence-corrected chi connectivity index (χ3v) is 9.40. The molecule has 11 heteroatoms. The van der Waals surface area contributed by atoms with Crippen LogP contribution >= 0.6 is 23.2 Å². The fourth-order valence-corrected chi connectivity index (χ4v) is 7.66. The van der Waals surface area contributed by atoms with Crippen molar-refractivity contribution in [2.24, 2.45) is 11.8 Å². The highest BCUT2D eigenvalue weighted by Gasteiger charge is 2.42. The van der Waals surface area contributed by atoms with E-state index in [4.69, 9.17) is 23.2 Å². The van der Waals surface area contributed by atoms with Crippen molar-refractivity contribution < 1.29 is 24.6 Å². The molecule has 1 aromatic rings. The van der Waals surface area contributed by atoms with Crippen LogP contribution in [0.3, 0.4) is 0 Å². The van der Waals surface area contributed by atoms with E-state index in [-0.39, 0.29) is 50.5 Å². The summed E-state index contributed by atoms with van der Waals surface area (Å²) in [4.78, 5) is 42.6. The quantitative estimate of drug-likeness (QED) is 0.407. The molecule has 210 valence electrons. The number of carbonyl (C=O) groups is 3. The fourth-order valence-electron chi connectivity index (χ4n) is 7.04. The average molecular weight is 578 g/mol. The molecule has 2 bridgehead atoms. The minimum absolute atomic E-state index is 0.157. The van der Waals surface area contributed by atoms with Crippen molar-refractivity contribution in [1.82, 2.24) is 20.4 Å². The van der Waals surface area contributed by atoms with Gasteiger partial charge in [-0.1, -0.05) is 35.7 Å². The number of piperazine rings is 1. The molecule has 3 atom stereocenters. The Hall–Kier alpha value is -2.59. The van der Waals surface area contributed by atoms with Crippen molar-refractivity contribution in [1.29, 1.82) is 0 Å². The van der Waals surface area contributed by atoms with E-state index in [1.54, 1.807) is 30.0 Å². The van der Waals surface area contributed by atoms with Crippen LogP contribution in [0.25, 0.3) is 0 Å². The number of nitrogens with one attached hydrogen (secondary N) is 2. The average Bonchev–Trinajstić information content (AvgIpc) is 2.87. The molecule has 1 aromatic carbocycles. The number of benzene rings is 1. The number of nitrogens with zero attached hydrogens (tertiary/aromatic N) is 2. The summed E-state index contributed by atoms with van der Waals surface area (Å²) in [6.07, 6.45) is 3.58.